The first-order valence-electron chi connectivity index (χ1n) is 5.90. The number of nitrogens with one attached hydrogen (secondary N) is 1. The number of carbonyl (C=O) groups is 1. The molecule has 0 radical (unpaired) electrons. The van der Waals surface area contributed by atoms with Gasteiger partial charge in [0.25, 0.3) is 0 Å². The molecule has 0 aliphatic carbocycles. The molecule has 4 nitrogen and oxygen atoms in total. The van der Waals surface area contributed by atoms with Crippen LogP contribution in [0, 0.1) is 0 Å². The minimum atomic E-state index is -0.528. The maximum atomic E-state index is 11.8. The second-order valence-electron chi connectivity index (χ2n) is 5.12. The summed E-state index contributed by atoms with van der Waals surface area (Å²) >= 11 is 3.43. The van der Waals surface area contributed by atoms with Crippen LogP contribution in [-0.2, 0) is 4.74 Å². The number of ether oxygens (including phenoxy) is 1. The number of rotatable bonds is 1. The minimum Gasteiger partial charge on any atom is -0.444 e. The summed E-state index contributed by atoms with van der Waals surface area (Å²) in [5.74, 6) is 0. The van der Waals surface area contributed by atoms with Gasteiger partial charge in [0.15, 0.2) is 0 Å². The summed E-state index contributed by atoms with van der Waals surface area (Å²) in [6.45, 7) is 5.48. The van der Waals surface area contributed by atoms with Gasteiger partial charge in [-0.1, -0.05) is 0 Å². The predicted molar refractivity (Wildman–Crippen MR) is 79.3 cm³/mol. The zero-order valence-corrected chi connectivity index (χ0v) is 12.6. The van der Waals surface area contributed by atoms with Gasteiger partial charge < -0.3 is 4.74 Å². The SMILES string of the molecule is CC(C)(C)OC(=O)Nc1c(Br)ccc2ncccc12. The number of hydrogen-bond acceptors (Lipinski definition) is 3. The number of amides is 1. The standard InChI is InChI=1S/C14H15BrN2O2/c1-14(2,3)19-13(18)17-12-9-5-4-8-16-11(9)7-6-10(12)15/h4-8H,1-3H3,(H,17,18). The van der Waals surface area contributed by atoms with Crippen LogP contribution in [0.4, 0.5) is 10.5 Å². The molecule has 100 valence electrons. The highest BCUT2D eigenvalue weighted by molar-refractivity contribution is 9.10. The quantitative estimate of drug-likeness (QED) is 0.849. The van der Waals surface area contributed by atoms with Gasteiger partial charge in [-0.05, 0) is 61.0 Å². The maximum absolute atomic E-state index is 11.8. The minimum absolute atomic E-state index is 0.482. The van der Waals surface area contributed by atoms with E-state index in [1.165, 1.54) is 0 Å². The molecule has 0 fully saturated rings. The van der Waals surface area contributed by atoms with E-state index in [0.717, 1.165) is 15.4 Å². The first kappa shape index (κ1) is 13.8. The third-order valence-electron chi connectivity index (χ3n) is 2.36. The highest BCUT2D eigenvalue weighted by Gasteiger charge is 2.18. The number of halogens is 1. The average molecular weight is 323 g/mol. The lowest BCUT2D eigenvalue weighted by Gasteiger charge is -2.20. The maximum Gasteiger partial charge on any atom is 0.412 e. The van der Waals surface area contributed by atoms with Gasteiger partial charge in [-0.3, -0.25) is 10.3 Å². The Kier molecular flexibility index (Phi) is 3.75. The van der Waals surface area contributed by atoms with Crippen molar-refractivity contribution in [1.29, 1.82) is 0 Å². The van der Waals surface area contributed by atoms with Crippen LogP contribution in [0.15, 0.2) is 34.9 Å². The third-order valence-corrected chi connectivity index (χ3v) is 3.02. The fourth-order valence-corrected chi connectivity index (χ4v) is 2.10. The lowest BCUT2D eigenvalue weighted by atomic mass is 10.2. The Morgan fingerprint density at radius 3 is 2.74 bits per heavy atom. The molecule has 1 heterocycles. The molecule has 1 N–H and O–H groups in total. The Balaban J connectivity index is 2.34. The van der Waals surface area contributed by atoms with E-state index in [1.807, 2.05) is 45.0 Å². The van der Waals surface area contributed by atoms with Gasteiger partial charge in [0.1, 0.15) is 5.60 Å². The van der Waals surface area contributed by atoms with Crippen molar-refractivity contribution in [1.82, 2.24) is 4.98 Å². The number of fused-ring (bicyclic) bond motifs is 1. The molecule has 2 rings (SSSR count). The molecule has 19 heavy (non-hydrogen) atoms. The summed E-state index contributed by atoms with van der Waals surface area (Å²) in [4.78, 5) is 16.1. The molecular weight excluding hydrogens is 308 g/mol. The van der Waals surface area contributed by atoms with Gasteiger partial charge in [0, 0.05) is 16.1 Å². The molecule has 0 aliphatic heterocycles. The predicted octanol–water partition coefficient (Wildman–Crippen LogP) is 4.34. The van der Waals surface area contributed by atoms with Gasteiger partial charge in [-0.25, -0.2) is 4.79 Å². The molecular formula is C14H15BrN2O2. The van der Waals surface area contributed by atoms with Crippen molar-refractivity contribution in [2.45, 2.75) is 26.4 Å². The van der Waals surface area contributed by atoms with E-state index in [2.05, 4.69) is 26.2 Å². The first-order valence-corrected chi connectivity index (χ1v) is 6.69. The summed E-state index contributed by atoms with van der Waals surface area (Å²) in [5, 5.41) is 3.63. The number of pyridine rings is 1. The van der Waals surface area contributed by atoms with Crippen molar-refractivity contribution in [2.24, 2.45) is 0 Å². The second-order valence-corrected chi connectivity index (χ2v) is 5.97. The van der Waals surface area contributed by atoms with E-state index in [4.69, 9.17) is 4.74 Å². The van der Waals surface area contributed by atoms with E-state index in [1.54, 1.807) is 6.20 Å². The van der Waals surface area contributed by atoms with Gasteiger partial charge in [-0.2, -0.15) is 0 Å². The summed E-state index contributed by atoms with van der Waals surface area (Å²) in [5.41, 5.74) is 0.955. The molecule has 0 saturated carbocycles. The zero-order valence-electron chi connectivity index (χ0n) is 11.0. The Hall–Kier alpha value is -1.62. The van der Waals surface area contributed by atoms with Crippen LogP contribution in [0.1, 0.15) is 20.8 Å². The van der Waals surface area contributed by atoms with Crippen LogP contribution in [0.3, 0.4) is 0 Å². The molecule has 0 bridgehead atoms. The Bertz CT molecular complexity index is 620. The van der Waals surface area contributed by atoms with Crippen LogP contribution in [-0.4, -0.2) is 16.7 Å². The van der Waals surface area contributed by atoms with Gasteiger partial charge >= 0.3 is 6.09 Å². The number of aromatic nitrogens is 1. The van der Waals surface area contributed by atoms with Crippen LogP contribution in [0.2, 0.25) is 0 Å². The summed E-state index contributed by atoms with van der Waals surface area (Å²) < 4.78 is 6.04. The normalized spacial score (nSPS) is 11.4. The van der Waals surface area contributed by atoms with Crippen LogP contribution < -0.4 is 5.32 Å². The molecule has 0 saturated heterocycles. The molecule has 2 aromatic rings. The highest BCUT2D eigenvalue weighted by atomic mass is 79.9. The second kappa shape index (κ2) is 5.17. The van der Waals surface area contributed by atoms with Crippen molar-refractivity contribution in [3.63, 3.8) is 0 Å². The lowest BCUT2D eigenvalue weighted by Crippen LogP contribution is -2.27. The van der Waals surface area contributed by atoms with Crippen molar-refractivity contribution < 1.29 is 9.53 Å². The highest BCUT2D eigenvalue weighted by Crippen LogP contribution is 2.30. The number of anilines is 1. The third kappa shape index (κ3) is 3.44. The van der Waals surface area contributed by atoms with Gasteiger partial charge in [-0.15, -0.1) is 0 Å². The lowest BCUT2D eigenvalue weighted by molar-refractivity contribution is 0.0636. The Morgan fingerprint density at radius 1 is 1.32 bits per heavy atom. The molecule has 0 spiro atoms. The number of benzene rings is 1. The van der Waals surface area contributed by atoms with Crippen LogP contribution >= 0.6 is 15.9 Å². The van der Waals surface area contributed by atoms with Crippen molar-refractivity contribution in [3.8, 4) is 0 Å². The van der Waals surface area contributed by atoms with Crippen molar-refractivity contribution in [3.05, 3.63) is 34.9 Å². The van der Waals surface area contributed by atoms with E-state index in [9.17, 15) is 4.79 Å². The number of nitrogens with zero attached hydrogens (tertiary/aromatic N) is 1. The van der Waals surface area contributed by atoms with E-state index >= 15 is 0 Å². The molecule has 1 amide bonds. The van der Waals surface area contributed by atoms with Gasteiger partial charge in [0.2, 0.25) is 0 Å². The van der Waals surface area contributed by atoms with Crippen molar-refractivity contribution in [2.75, 3.05) is 5.32 Å². The fraction of sp³-hybridized carbons (Fsp3) is 0.286. The topological polar surface area (TPSA) is 51.2 Å². The molecule has 1 aromatic heterocycles. The first-order chi connectivity index (χ1) is 8.87. The average Bonchev–Trinajstić information content (AvgIpc) is 2.31. The number of hydrogen-bond donors (Lipinski definition) is 1. The van der Waals surface area contributed by atoms with E-state index in [-0.39, 0.29) is 0 Å². The van der Waals surface area contributed by atoms with Crippen LogP contribution in [0.25, 0.3) is 10.9 Å². The molecule has 1 aromatic carbocycles. The summed E-state index contributed by atoms with van der Waals surface area (Å²) in [6, 6.07) is 7.47. The Labute approximate surface area is 120 Å². The summed E-state index contributed by atoms with van der Waals surface area (Å²) in [6.07, 6.45) is 1.23. The Morgan fingerprint density at radius 2 is 2.05 bits per heavy atom. The monoisotopic (exact) mass is 322 g/mol. The molecule has 0 aliphatic rings. The van der Waals surface area contributed by atoms with E-state index < -0.39 is 11.7 Å². The fourth-order valence-electron chi connectivity index (χ4n) is 1.66. The zero-order chi connectivity index (χ0) is 14.0. The van der Waals surface area contributed by atoms with Crippen LogP contribution in [0.5, 0.6) is 0 Å². The summed E-state index contributed by atoms with van der Waals surface area (Å²) in [7, 11) is 0. The smallest absolute Gasteiger partial charge is 0.412 e. The largest absolute Gasteiger partial charge is 0.444 e. The molecule has 0 atom stereocenters. The molecule has 0 unspecified atom stereocenters. The van der Waals surface area contributed by atoms with E-state index in [0.29, 0.717) is 5.69 Å². The van der Waals surface area contributed by atoms with Crippen molar-refractivity contribution >= 4 is 38.6 Å². The van der Waals surface area contributed by atoms with Gasteiger partial charge in [0.05, 0.1) is 11.2 Å². The number of carbonyl (C=O) groups excluding carboxylic acids is 1. The molecule has 5 heteroatoms.